The summed E-state index contributed by atoms with van der Waals surface area (Å²) in [5, 5.41) is 0. The number of aliphatic imine (C=N–C) groups is 1. The average Bonchev–Trinajstić information content (AvgIpc) is 3.19. The van der Waals surface area contributed by atoms with Gasteiger partial charge in [-0.25, -0.2) is 8.42 Å². The lowest BCUT2D eigenvalue weighted by molar-refractivity contribution is 0.0761. The largest absolute Gasteiger partial charge is 0.493 e. The van der Waals surface area contributed by atoms with Crippen LogP contribution in [-0.4, -0.2) is 62.6 Å². The van der Waals surface area contributed by atoms with Gasteiger partial charge in [0.05, 0.1) is 23.6 Å². The Morgan fingerprint density at radius 2 is 1.98 bits per heavy atom. The molecule has 0 atom stereocenters. The van der Waals surface area contributed by atoms with Gasteiger partial charge >= 0.3 is 0 Å². The first kappa shape index (κ1) is 28.9. The number of carbonyl (C=O) groups is 1. The van der Waals surface area contributed by atoms with E-state index >= 15 is 0 Å². The number of rotatable bonds is 10. The van der Waals surface area contributed by atoms with Crippen molar-refractivity contribution in [2.24, 2.45) is 4.99 Å². The molecule has 1 aliphatic heterocycles. The van der Waals surface area contributed by atoms with Gasteiger partial charge in [-0.05, 0) is 48.8 Å². The molecule has 1 amide bonds. The monoisotopic (exact) mass is 558 g/mol. The summed E-state index contributed by atoms with van der Waals surface area (Å²) in [6.45, 7) is 13.7. The first-order valence-electron chi connectivity index (χ1n) is 13.3. The average molecular weight is 559 g/mol. The molecule has 0 unspecified atom stereocenters. The molecule has 1 heterocycles. The topological polar surface area (TPSA) is 91.3 Å². The summed E-state index contributed by atoms with van der Waals surface area (Å²) in [4.78, 5) is 21.4. The van der Waals surface area contributed by atoms with Crippen LogP contribution in [-0.2, 0) is 16.6 Å². The van der Waals surface area contributed by atoms with E-state index in [0.717, 1.165) is 43.8 Å². The number of ether oxygens (including phenoxy) is 1. The molecule has 0 aromatic heterocycles. The van der Waals surface area contributed by atoms with Gasteiger partial charge in [-0.1, -0.05) is 56.5 Å². The number of amides is 1. The third-order valence-electron chi connectivity index (χ3n) is 6.52. The molecule has 0 bridgehead atoms. The van der Waals surface area contributed by atoms with Gasteiger partial charge in [0.25, 0.3) is 15.9 Å². The minimum atomic E-state index is -3.98. The van der Waals surface area contributed by atoms with Gasteiger partial charge in [0.1, 0.15) is 10.7 Å². The molecule has 2 aromatic carbocycles. The number of carbonyl (C=O) groups excluding carboxylic acids is 1. The lowest BCUT2D eigenvalue weighted by Crippen LogP contribution is -2.35. The number of nitrogens with zero attached hydrogens (tertiary/aromatic N) is 3. The van der Waals surface area contributed by atoms with E-state index in [1.54, 1.807) is 18.2 Å². The molecule has 2 aliphatic rings. The number of allylic oxidation sites excluding steroid dienone is 5. The van der Waals surface area contributed by atoms with Crippen molar-refractivity contribution in [1.29, 1.82) is 0 Å². The van der Waals surface area contributed by atoms with Crippen LogP contribution in [0.1, 0.15) is 35.7 Å². The van der Waals surface area contributed by atoms with Crippen LogP contribution in [0.4, 0.5) is 5.69 Å². The van der Waals surface area contributed by atoms with Crippen LogP contribution in [0.25, 0.3) is 0 Å². The molecule has 1 saturated heterocycles. The van der Waals surface area contributed by atoms with E-state index in [2.05, 4.69) is 52.9 Å². The van der Waals surface area contributed by atoms with Crippen LogP contribution in [0, 0.1) is 12.1 Å². The summed E-state index contributed by atoms with van der Waals surface area (Å²) in [6.07, 6.45) is 7.78. The summed E-state index contributed by atoms with van der Waals surface area (Å²) in [5.74, 6) is 0.754. The molecule has 1 fully saturated rings. The van der Waals surface area contributed by atoms with Crippen LogP contribution in [0.15, 0.2) is 89.5 Å². The lowest BCUT2D eigenvalue weighted by Gasteiger charge is -2.22. The van der Waals surface area contributed by atoms with Crippen molar-refractivity contribution in [3.05, 3.63) is 108 Å². The summed E-state index contributed by atoms with van der Waals surface area (Å²) < 4.78 is 34.5. The predicted octanol–water partition coefficient (Wildman–Crippen LogP) is 4.76. The fraction of sp³-hybridized carbons (Fsp3) is 0.290. The SMILES string of the molecule is C=C/N=C1\C(=C)C=CC=C1S(=O)(=O)Nc1c#cc(C(=O)N2CCCN(Cc3ccccc3OCCC)CC2)cc1. The van der Waals surface area contributed by atoms with E-state index in [1.165, 1.54) is 18.3 Å². The van der Waals surface area contributed by atoms with E-state index in [9.17, 15) is 13.2 Å². The number of hydrogen-bond donors (Lipinski definition) is 1. The number of sulfonamides is 1. The lowest BCUT2D eigenvalue weighted by atomic mass is 10.1. The van der Waals surface area contributed by atoms with Crippen molar-refractivity contribution in [3.63, 3.8) is 0 Å². The van der Waals surface area contributed by atoms with Crippen molar-refractivity contribution in [3.8, 4) is 5.75 Å². The van der Waals surface area contributed by atoms with Crippen LogP contribution in [0.5, 0.6) is 5.75 Å². The Kier molecular flexibility index (Phi) is 9.59. The van der Waals surface area contributed by atoms with Crippen LogP contribution in [0.3, 0.4) is 0 Å². The normalized spacial score (nSPS) is 17.1. The van der Waals surface area contributed by atoms with Crippen molar-refractivity contribution in [2.75, 3.05) is 37.5 Å². The van der Waals surface area contributed by atoms with Gasteiger partial charge in [-0.3, -0.25) is 19.4 Å². The highest BCUT2D eigenvalue weighted by atomic mass is 32.2. The number of anilines is 1. The predicted molar refractivity (Wildman–Crippen MR) is 159 cm³/mol. The third kappa shape index (κ3) is 7.08. The Morgan fingerprint density at radius 1 is 1.15 bits per heavy atom. The molecule has 2 aromatic rings. The third-order valence-corrected chi connectivity index (χ3v) is 7.92. The van der Waals surface area contributed by atoms with Gasteiger partial charge in [0, 0.05) is 44.5 Å². The number of nitrogens with one attached hydrogen (secondary N) is 1. The van der Waals surface area contributed by atoms with Crippen LogP contribution in [0.2, 0.25) is 0 Å². The number of para-hydroxylation sites is 1. The number of benzene rings is 1. The van der Waals surface area contributed by atoms with Crippen molar-refractivity contribution >= 4 is 27.3 Å². The highest BCUT2D eigenvalue weighted by Crippen LogP contribution is 2.23. The van der Waals surface area contributed by atoms with Crippen LogP contribution < -0.4 is 9.46 Å². The Labute approximate surface area is 237 Å². The molecule has 8 nitrogen and oxygen atoms in total. The van der Waals surface area contributed by atoms with E-state index < -0.39 is 10.0 Å². The Morgan fingerprint density at radius 3 is 2.73 bits per heavy atom. The maximum absolute atomic E-state index is 13.2. The van der Waals surface area contributed by atoms with Crippen molar-refractivity contribution in [1.82, 2.24) is 9.80 Å². The zero-order valence-electron chi connectivity index (χ0n) is 22.7. The minimum Gasteiger partial charge on any atom is -0.493 e. The van der Waals surface area contributed by atoms with E-state index in [0.29, 0.717) is 30.8 Å². The molecule has 9 heteroatoms. The zero-order valence-corrected chi connectivity index (χ0v) is 23.5. The Hall–Kier alpha value is -4.13. The quantitative estimate of drug-likeness (QED) is 0.454. The van der Waals surface area contributed by atoms with Gasteiger partial charge in [0.2, 0.25) is 0 Å². The maximum Gasteiger partial charge on any atom is 0.264 e. The maximum atomic E-state index is 13.2. The molecule has 0 saturated carbocycles. The van der Waals surface area contributed by atoms with E-state index in [1.807, 2.05) is 23.1 Å². The second-order valence-corrected chi connectivity index (χ2v) is 11.1. The van der Waals surface area contributed by atoms with E-state index in [-0.39, 0.29) is 22.2 Å². The first-order chi connectivity index (χ1) is 19.3. The molecule has 4 rings (SSSR count). The molecule has 208 valence electrons. The zero-order chi connectivity index (χ0) is 28.5. The minimum absolute atomic E-state index is 0.0258. The van der Waals surface area contributed by atoms with Gasteiger partial charge in [-0.2, -0.15) is 0 Å². The molecule has 0 spiro atoms. The highest BCUT2D eigenvalue weighted by Gasteiger charge is 2.26. The van der Waals surface area contributed by atoms with E-state index in [4.69, 9.17) is 4.74 Å². The van der Waals surface area contributed by atoms with Crippen molar-refractivity contribution in [2.45, 2.75) is 26.3 Å². The number of hydrogen-bond acceptors (Lipinski definition) is 6. The van der Waals surface area contributed by atoms with Gasteiger partial charge in [-0.15, -0.1) is 0 Å². The fourth-order valence-electron chi connectivity index (χ4n) is 4.52. The Bertz CT molecular complexity index is 1440. The highest BCUT2D eigenvalue weighted by molar-refractivity contribution is 7.97. The summed E-state index contributed by atoms with van der Waals surface area (Å²) in [5.41, 5.74) is 2.32. The smallest absolute Gasteiger partial charge is 0.264 e. The second kappa shape index (κ2) is 13.3. The summed E-state index contributed by atoms with van der Waals surface area (Å²) in [7, 11) is -3.98. The molecular formula is C31H34N4O4S. The Balaban J connectivity index is 1.38. The fourth-order valence-corrected chi connectivity index (χ4v) is 5.74. The van der Waals surface area contributed by atoms with Crippen LogP contribution >= 0.6 is 0 Å². The summed E-state index contributed by atoms with van der Waals surface area (Å²) in [6, 6.07) is 16.8. The summed E-state index contributed by atoms with van der Waals surface area (Å²) >= 11 is 0. The second-order valence-electron chi connectivity index (χ2n) is 9.47. The standard InChI is InChI=1S/C31H34N4O4S/c1-4-22-39-28-12-7-6-11-26(28)23-34-18-9-19-35(21-20-34)31(36)25-14-16-27(17-15-25)33-40(37,38)29-13-8-10-24(3)30(29)32-5-2/h5-8,10-14,16,33H,2-4,9,18-23H2,1H3/b32-30+. The van der Waals surface area contributed by atoms with Gasteiger partial charge in [0.15, 0.2) is 0 Å². The molecule has 1 N–H and O–H groups in total. The van der Waals surface area contributed by atoms with Gasteiger partial charge < -0.3 is 9.64 Å². The first-order valence-corrected chi connectivity index (χ1v) is 14.8. The molecular weight excluding hydrogens is 524 g/mol. The molecule has 1 aliphatic carbocycles. The molecule has 40 heavy (non-hydrogen) atoms. The molecule has 0 radical (unpaired) electrons. The van der Waals surface area contributed by atoms with Crippen molar-refractivity contribution < 1.29 is 17.9 Å².